The summed E-state index contributed by atoms with van der Waals surface area (Å²) >= 11 is 0. The molecule has 0 bridgehead atoms. The van der Waals surface area contributed by atoms with Gasteiger partial charge in [0.1, 0.15) is 5.82 Å². The molecular weight excluding hydrogens is 305 g/mol. The molecule has 0 N–H and O–H groups in total. The summed E-state index contributed by atoms with van der Waals surface area (Å²) in [5.74, 6) is 0.431. The fourth-order valence-electron chi connectivity index (χ4n) is 3.52. The molecule has 0 unspecified atom stereocenters. The molecule has 1 aromatic rings. The second-order valence-corrected chi connectivity index (χ2v) is 6.48. The Morgan fingerprint density at radius 1 is 1.13 bits per heavy atom. The number of alkyl halides is 3. The van der Waals surface area contributed by atoms with Crippen LogP contribution in [0.4, 0.5) is 19.0 Å². The molecule has 0 saturated carbocycles. The molecule has 2 saturated heterocycles. The number of pyridine rings is 1. The molecule has 1 atom stereocenters. The summed E-state index contributed by atoms with van der Waals surface area (Å²) in [4.78, 5) is 10.9. The summed E-state index contributed by atoms with van der Waals surface area (Å²) < 4.78 is 38.5. The van der Waals surface area contributed by atoms with Crippen molar-refractivity contribution in [1.29, 1.82) is 0 Å². The minimum absolute atomic E-state index is 0.431. The highest BCUT2D eigenvalue weighted by molar-refractivity contribution is 5.42. The zero-order chi connectivity index (χ0) is 16.4. The van der Waals surface area contributed by atoms with E-state index >= 15 is 0 Å². The van der Waals surface area contributed by atoms with E-state index in [9.17, 15) is 13.2 Å². The van der Waals surface area contributed by atoms with Crippen LogP contribution in [0.5, 0.6) is 0 Å². The molecule has 4 nitrogen and oxygen atoms in total. The average molecular weight is 328 g/mol. The summed E-state index contributed by atoms with van der Waals surface area (Å²) in [5, 5.41) is 0. The van der Waals surface area contributed by atoms with Crippen molar-refractivity contribution in [3.05, 3.63) is 23.9 Å². The Morgan fingerprint density at radius 2 is 1.87 bits per heavy atom. The molecule has 0 amide bonds. The highest BCUT2D eigenvalue weighted by Crippen LogP contribution is 2.31. The molecule has 1 aromatic heterocycles. The van der Waals surface area contributed by atoms with Gasteiger partial charge in [0.25, 0.3) is 0 Å². The van der Waals surface area contributed by atoms with Gasteiger partial charge in [-0.3, -0.25) is 4.90 Å². The number of halogens is 3. The molecule has 3 rings (SSSR count). The minimum atomic E-state index is -4.31. The molecule has 128 valence electrons. The second kappa shape index (κ2) is 6.65. The summed E-state index contributed by atoms with van der Waals surface area (Å²) in [6, 6.07) is 2.76. The Balaban J connectivity index is 1.61. The Kier molecular flexibility index (Phi) is 4.77. The third kappa shape index (κ3) is 3.95. The third-order valence-corrected chi connectivity index (χ3v) is 4.83. The predicted molar refractivity (Wildman–Crippen MR) is 83.5 cm³/mol. The Hall–Kier alpha value is -1.34. The lowest BCUT2D eigenvalue weighted by molar-refractivity contribution is -0.137. The Bertz CT molecular complexity index is 526. The average Bonchev–Trinajstić information content (AvgIpc) is 2.54. The van der Waals surface area contributed by atoms with Crippen LogP contribution >= 0.6 is 0 Å². The van der Waals surface area contributed by atoms with Crippen LogP contribution in [0.15, 0.2) is 18.3 Å². The largest absolute Gasteiger partial charge is 0.416 e. The van der Waals surface area contributed by atoms with Gasteiger partial charge in [-0.15, -0.1) is 0 Å². The summed E-state index contributed by atoms with van der Waals surface area (Å²) in [6.45, 7) is 5.47. The lowest BCUT2D eigenvalue weighted by Crippen LogP contribution is -2.54. The number of rotatable bonds is 2. The molecular formula is C16H23F3N4. The van der Waals surface area contributed by atoms with Crippen molar-refractivity contribution in [3.8, 4) is 0 Å². The quantitative estimate of drug-likeness (QED) is 0.831. The van der Waals surface area contributed by atoms with Crippen LogP contribution < -0.4 is 4.90 Å². The first-order valence-electron chi connectivity index (χ1n) is 8.14. The fourth-order valence-corrected chi connectivity index (χ4v) is 3.52. The molecule has 2 aliphatic rings. The number of aromatic nitrogens is 1. The number of likely N-dealkylation sites (N-methyl/N-ethyl adjacent to an activating group) is 1. The highest BCUT2D eigenvalue weighted by Gasteiger charge is 2.32. The van der Waals surface area contributed by atoms with Crippen LogP contribution in [-0.4, -0.2) is 67.1 Å². The van der Waals surface area contributed by atoms with E-state index in [0.717, 1.165) is 51.4 Å². The van der Waals surface area contributed by atoms with Gasteiger partial charge in [0.15, 0.2) is 0 Å². The van der Waals surface area contributed by atoms with Gasteiger partial charge in [0.2, 0.25) is 0 Å². The molecule has 0 spiro atoms. The first kappa shape index (κ1) is 16.5. The SMILES string of the molecule is CN1CCC[C@H](N2CCN(c3cc(C(F)(F)F)ccn3)CC2)C1. The minimum Gasteiger partial charge on any atom is -0.354 e. The van der Waals surface area contributed by atoms with Gasteiger partial charge in [-0.2, -0.15) is 13.2 Å². The summed E-state index contributed by atoms with van der Waals surface area (Å²) in [6.07, 6.45) is -0.629. The van der Waals surface area contributed by atoms with Crippen molar-refractivity contribution in [2.45, 2.75) is 25.1 Å². The maximum Gasteiger partial charge on any atom is 0.416 e. The molecule has 7 heteroatoms. The van der Waals surface area contributed by atoms with E-state index in [0.29, 0.717) is 11.9 Å². The molecule has 2 fully saturated rings. The van der Waals surface area contributed by atoms with Gasteiger partial charge in [-0.05, 0) is 38.6 Å². The van der Waals surface area contributed by atoms with E-state index in [2.05, 4.69) is 21.8 Å². The highest BCUT2D eigenvalue weighted by atomic mass is 19.4. The van der Waals surface area contributed by atoms with E-state index < -0.39 is 11.7 Å². The molecule has 0 aliphatic carbocycles. The van der Waals surface area contributed by atoms with Gasteiger partial charge in [0, 0.05) is 45.0 Å². The van der Waals surface area contributed by atoms with Gasteiger partial charge < -0.3 is 9.80 Å². The van der Waals surface area contributed by atoms with Crippen LogP contribution in [0.2, 0.25) is 0 Å². The van der Waals surface area contributed by atoms with E-state index in [4.69, 9.17) is 0 Å². The normalized spacial score (nSPS) is 24.9. The van der Waals surface area contributed by atoms with Crippen LogP contribution in [0.25, 0.3) is 0 Å². The van der Waals surface area contributed by atoms with E-state index in [1.165, 1.54) is 19.0 Å². The van der Waals surface area contributed by atoms with Crippen molar-refractivity contribution in [1.82, 2.24) is 14.8 Å². The number of hydrogen-bond donors (Lipinski definition) is 0. The molecule has 2 aliphatic heterocycles. The topological polar surface area (TPSA) is 22.6 Å². The lowest BCUT2D eigenvalue weighted by atomic mass is 10.0. The van der Waals surface area contributed by atoms with Gasteiger partial charge in [-0.1, -0.05) is 0 Å². The number of anilines is 1. The monoisotopic (exact) mass is 328 g/mol. The standard InChI is InChI=1S/C16H23F3N4/c1-21-6-2-3-14(12-21)22-7-9-23(10-8-22)15-11-13(4-5-20-15)16(17,18)19/h4-5,11,14H,2-3,6-10,12H2,1H3/t14-/m0/s1. The maximum absolute atomic E-state index is 12.8. The number of hydrogen-bond acceptors (Lipinski definition) is 4. The zero-order valence-electron chi connectivity index (χ0n) is 13.4. The first-order chi connectivity index (χ1) is 10.9. The molecule has 0 radical (unpaired) electrons. The molecule has 0 aromatic carbocycles. The van der Waals surface area contributed by atoms with Crippen molar-refractivity contribution in [3.63, 3.8) is 0 Å². The lowest BCUT2D eigenvalue weighted by Gasteiger charge is -2.43. The van der Waals surface area contributed by atoms with Crippen LogP contribution in [0.1, 0.15) is 18.4 Å². The third-order valence-electron chi connectivity index (χ3n) is 4.83. The van der Waals surface area contributed by atoms with E-state index in [-0.39, 0.29) is 0 Å². The van der Waals surface area contributed by atoms with Crippen molar-refractivity contribution in [2.24, 2.45) is 0 Å². The van der Waals surface area contributed by atoms with Crippen molar-refractivity contribution < 1.29 is 13.2 Å². The van der Waals surface area contributed by atoms with Gasteiger partial charge in [0.05, 0.1) is 5.56 Å². The fraction of sp³-hybridized carbons (Fsp3) is 0.688. The number of nitrogens with zero attached hydrogens (tertiary/aromatic N) is 4. The van der Waals surface area contributed by atoms with Crippen LogP contribution in [-0.2, 0) is 6.18 Å². The number of likely N-dealkylation sites (tertiary alicyclic amines) is 1. The maximum atomic E-state index is 12.8. The number of piperidine rings is 1. The molecule has 3 heterocycles. The Labute approximate surface area is 134 Å². The summed E-state index contributed by atoms with van der Waals surface area (Å²) in [5.41, 5.74) is -0.626. The van der Waals surface area contributed by atoms with Crippen molar-refractivity contribution >= 4 is 5.82 Å². The van der Waals surface area contributed by atoms with Crippen molar-refractivity contribution in [2.75, 3.05) is 51.2 Å². The Morgan fingerprint density at radius 3 is 2.52 bits per heavy atom. The predicted octanol–water partition coefficient (Wildman–Crippen LogP) is 2.32. The zero-order valence-corrected chi connectivity index (χ0v) is 13.4. The molecule has 23 heavy (non-hydrogen) atoms. The van der Waals surface area contributed by atoms with E-state index in [1.54, 1.807) is 0 Å². The van der Waals surface area contributed by atoms with Crippen LogP contribution in [0, 0.1) is 0 Å². The van der Waals surface area contributed by atoms with Crippen LogP contribution in [0.3, 0.4) is 0 Å². The summed E-state index contributed by atoms with van der Waals surface area (Å²) in [7, 11) is 2.15. The van der Waals surface area contributed by atoms with E-state index in [1.807, 2.05) is 4.90 Å². The van der Waals surface area contributed by atoms with Gasteiger partial charge >= 0.3 is 6.18 Å². The number of piperazine rings is 1. The first-order valence-corrected chi connectivity index (χ1v) is 8.14. The van der Waals surface area contributed by atoms with Gasteiger partial charge in [-0.25, -0.2) is 4.98 Å². The smallest absolute Gasteiger partial charge is 0.354 e. The second-order valence-electron chi connectivity index (χ2n) is 6.48.